The lowest BCUT2D eigenvalue weighted by atomic mass is 10.1. The molecule has 1 aliphatic rings. The molecule has 0 spiro atoms. The highest BCUT2D eigenvalue weighted by Crippen LogP contribution is 2.22. The number of aliphatic hydroxyl groups is 1. The number of rotatable bonds is 9. The molecule has 30 heavy (non-hydrogen) atoms. The summed E-state index contributed by atoms with van der Waals surface area (Å²) in [7, 11) is 0. The van der Waals surface area contributed by atoms with Crippen LogP contribution in [-0.4, -0.2) is 66.3 Å². The number of guanidine groups is 1. The van der Waals surface area contributed by atoms with Crippen molar-refractivity contribution in [3.63, 3.8) is 0 Å². The van der Waals surface area contributed by atoms with Gasteiger partial charge in [0.15, 0.2) is 5.96 Å². The summed E-state index contributed by atoms with van der Waals surface area (Å²) < 4.78 is 0. The Morgan fingerprint density at radius 3 is 2.73 bits per heavy atom. The molecule has 0 atom stereocenters. The zero-order valence-corrected chi connectivity index (χ0v) is 20.7. The van der Waals surface area contributed by atoms with Gasteiger partial charge in [-0.2, -0.15) is 0 Å². The summed E-state index contributed by atoms with van der Waals surface area (Å²) in [6, 6.07) is 6.56. The van der Waals surface area contributed by atoms with Crippen LogP contribution in [-0.2, 0) is 12.8 Å². The first-order valence-corrected chi connectivity index (χ1v) is 11.2. The second-order valence-corrected chi connectivity index (χ2v) is 7.87. The Morgan fingerprint density at radius 2 is 2.00 bits per heavy atom. The average molecular weight is 527 g/mol. The largest absolute Gasteiger partial charge is 0.393 e. The Kier molecular flexibility index (Phi) is 11.0. The standard InChI is InChI=1S/C23H37N5O.HI/c1-3-18-7-5-8-21-19(17-27-22(18)21)9-13-26-23(24-4-2)25-12-6-14-28-15-10-20(29)11-16-28;/h5,7-8,17,20,27,29H,3-4,6,9-16H2,1-2H3,(H2,24,25,26);1H. The second kappa shape index (κ2) is 13.2. The average Bonchev–Trinajstić information content (AvgIpc) is 3.15. The first-order valence-electron chi connectivity index (χ1n) is 11.2. The molecule has 0 aliphatic carbocycles. The molecule has 1 aromatic heterocycles. The monoisotopic (exact) mass is 527 g/mol. The molecule has 0 amide bonds. The van der Waals surface area contributed by atoms with Gasteiger partial charge < -0.3 is 25.6 Å². The molecule has 1 aliphatic heterocycles. The van der Waals surface area contributed by atoms with E-state index in [-0.39, 0.29) is 30.1 Å². The van der Waals surface area contributed by atoms with Gasteiger partial charge in [0.25, 0.3) is 0 Å². The van der Waals surface area contributed by atoms with Crippen molar-refractivity contribution in [3.05, 3.63) is 35.5 Å². The van der Waals surface area contributed by atoms with Crippen molar-refractivity contribution in [1.82, 2.24) is 20.5 Å². The molecular formula is C23H38IN5O. The van der Waals surface area contributed by atoms with Crippen molar-refractivity contribution in [3.8, 4) is 0 Å². The number of nitrogens with zero attached hydrogens (tertiary/aromatic N) is 2. The molecule has 1 fully saturated rings. The number of aliphatic hydroxyl groups excluding tert-OH is 1. The predicted octanol–water partition coefficient (Wildman–Crippen LogP) is 3.29. The molecule has 2 heterocycles. The summed E-state index contributed by atoms with van der Waals surface area (Å²) in [5.74, 6) is 0.899. The maximum atomic E-state index is 9.60. The molecule has 6 nitrogen and oxygen atoms in total. The van der Waals surface area contributed by atoms with E-state index in [4.69, 9.17) is 4.99 Å². The van der Waals surface area contributed by atoms with E-state index in [0.717, 1.165) is 77.3 Å². The summed E-state index contributed by atoms with van der Waals surface area (Å²) in [5.41, 5.74) is 4.00. The predicted molar refractivity (Wildman–Crippen MR) is 137 cm³/mol. The van der Waals surface area contributed by atoms with Gasteiger partial charge in [-0.05, 0) is 56.7 Å². The summed E-state index contributed by atoms with van der Waals surface area (Å²) in [6.07, 6.45) is 6.92. The van der Waals surface area contributed by atoms with Crippen molar-refractivity contribution in [1.29, 1.82) is 0 Å². The highest BCUT2D eigenvalue weighted by Gasteiger charge is 2.16. The van der Waals surface area contributed by atoms with Crippen LogP contribution in [0.25, 0.3) is 10.9 Å². The number of hydrogen-bond donors (Lipinski definition) is 4. The molecule has 0 unspecified atom stereocenters. The van der Waals surface area contributed by atoms with E-state index < -0.39 is 0 Å². The fraction of sp³-hybridized carbons (Fsp3) is 0.609. The van der Waals surface area contributed by atoms with Crippen LogP contribution in [0.3, 0.4) is 0 Å². The van der Waals surface area contributed by atoms with Crippen LogP contribution < -0.4 is 10.6 Å². The van der Waals surface area contributed by atoms with Crippen molar-refractivity contribution in [2.75, 3.05) is 39.3 Å². The number of piperidine rings is 1. The number of hydrogen-bond acceptors (Lipinski definition) is 3. The molecule has 2 aromatic rings. The molecule has 1 saturated heterocycles. The van der Waals surface area contributed by atoms with E-state index in [1.54, 1.807) is 0 Å². The number of benzene rings is 1. The first kappa shape index (κ1) is 24.9. The number of aliphatic imine (C=N–C) groups is 1. The fourth-order valence-corrected chi connectivity index (χ4v) is 4.06. The lowest BCUT2D eigenvalue weighted by Gasteiger charge is -2.29. The van der Waals surface area contributed by atoms with Gasteiger partial charge in [-0.1, -0.05) is 25.1 Å². The molecule has 1 aromatic carbocycles. The van der Waals surface area contributed by atoms with Crippen LogP contribution in [0.5, 0.6) is 0 Å². The molecule has 0 bridgehead atoms. The van der Waals surface area contributed by atoms with Crippen LogP contribution >= 0.6 is 24.0 Å². The summed E-state index contributed by atoms with van der Waals surface area (Å²) in [6.45, 7) is 9.92. The fourth-order valence-electron chi connectivity index (χ4n) is 4.06. The van der Waals surface area contributed by atoms with Crippen molar-refractivity contribution in [2.45, 2.75) is 52.1 Å². The minimum absolute atomic E-state index is 0. The zero-order valence-electron chi connectivity index (χ0n) is 18.4. The topological polar surface area (TPSA) is 75.7 Å². The maximum absolute atomic E-state index is 9.60. The van der Waals surface area contributed by atoms with E-state index in [2.05, 4.69) is 58.8 Å². The Bertz CT molecular complexity index is 783. The number of aromatic nitrogens is 1. The number of nitrogens with one attached hydrogen (secondary N) is 3. The Labute approximate surface area is 197 Å². The van der Waals surface area contributed by atoms with Gasteiger partial charge in [-0.25, -0.2) is 0 Å². The third-order valence-electron chi connectivity index (χ3n) is 5.76. The number of aromatic amines is 1. The lowest BCUT2D eigenvalue weighted by molar-refractivity contribution is 0.0824. The minimum Gasteiger partial charge on any atom is -0.393 e. The van der Waals surface area contributed by atoms with Crippen LogP contribution in [0.1, 0.15) is 44.2 Å². The Balaban J connectivity index is 0.00000320. The molecular weight excluding hydrogens is 489 g/mol. The third-order valence-corrected chi connectivity index (χ3v) is 5.76. The third kappa shape index (κ3) is 7.13. The van der Waals surface area contributed by atoms with Gasteiger partial charge in [0.1, 0.15) is 0 Å². The highest BCUT2D eigenvalue weighted by molar-refractivity contribution is 14.0. The Hall–Kier alpha value is -1.32. The van der Waals surface area contributed by atoms with Crippen LogP contribution in [0.4, 0.5) is 0 Å². The summed E-state index contributed by atoms with van der Waals surface area (Å²) in [4.78, 5) is 10.6. The zero-order chi connectivity index (χ0) is 20.5. The van der Waals surface area contributed by atoms with E-state index in [9.17, 15) is 5.11 Å². The van der Waals surface area contributed by atoms with Gasteiger partial charge in [0, 0.05) is 49.8 Å². The van der Waals surface area contributed by atoms with Crippen LogP contribution in [0, 0.1) is 0 Å². The number of para-hydroxylation sites is 1. The number of aryl methyl sites for hydroxylation is 1. The van der Waals surface area contributed by atoms with Gasteiger partial charge >= 0.3 is 0 Å². The van der Waals surface area contributed by atoms with Gasteiger partial charge in [0.2, 0.25) is 0 Å². The van der Waals surface area contributed by atoms with Gasteiger partial charge in [-0.3, -0.25) is 4.99 Å². The summed E-state index contributed by atoms with van der Waals surface area (Å²) >= 11 is 0. The number of H-pyrrole nitrogens is 1. The van der Waals surface area contributed by atoms with Gasteiger partial charge in [-0.15, -0.1) is 24.0 Å². The molecule has 3 rings (SSSR count). The van der Waals surface area contributed by atoms with Crippen molar-refractivity contribution >= 4 is 40.8 Å². The first-order chi connectivity index (χ1) is 14.2. The highest BCUT2D eigenvalue weighted by atomic mass is 127. The Morgan fingerprint density at radius 1 is 1.20 bits per heavy atom. The lowest BCUT2D eigenvalue weighted by Crippen LogP contribution is -2.39. The SMILES string of the molecule is CCNC(=NCCCN1CCC(O)CC1)NCCc1c[nH]c2c(CC)cccc12.I. The van der Waals surface area contributed by atoms with E-state index >= 15 is 0 Å². The normalized spacial score (nSPS) is 15.9. The molecule has 7 heteroatoms. The molecule has 0 radical (unpaired) electrons. The van der Waals surface area contributed by atoms with Crippen molar-refractivity contribution in [2.24, 2.45) is 4.99 Å². The van der Waals surface area contributed by atoms with E-state index in [1.807, 2.05) is 0 Å². The molecule has 168 valence electrons. The molecule has 4 N–H and O–H groups in total. The maximum Gasteiger partial charge on any atom is 0.191 e. The van der Waals surface area contributed by atoms with E-state index in [0.29, 0.717) is 0 Å². The van der Waals surface area contributed by atoms with Crippen molar-refractivity contribution < 1.29 is 5.11 Å². The van der Waals surface area contributed by atoms with Gasteiger partial charge in [0.05, 0.1) is 6.10 Å². The van der Waals surface area contributed by atoms with E-state index in [1.165, 1.54) is 22.0 Å². The smallest absolute Gasteiger partial charge is 0.191 e. The number of halogens is 1. The van der Waals surface area contributed by atoms with Crippen LogP contribution in [0.15, 0.2) is 29.4 Å². The number of likely N-dealkylation sites (tertiary alicyclic amines) is 1. The van der Waals surface area contributed by atoms with Crippen LogP contribution in [0.2, 0.25) is 0 Å². The minimum atomic E-state index is -0.0977. The molecule has 0 saturated carbocycles. The quantitative estimate of drug-likeness (QED) is 0.175. The summed E-state index contributed by atoms with van der Waals surface area (Å²) in [5, 5.41) is 17.8. The second-order valence-electron chi connectivity index (χ2n) is 7.87. The number of fused-ring (bicyclic) bond motifs is 1.